The molecule has 0 aromatic heterocycles. The summed E-state index contributed by atoms with van der Waals surface area (Å²) in [4.78, 5) is 11.7. The van der Waals surface area contributed by atoms with E-state index in [0.29, 0.717) is 0 Å². The second-order valence-electron chi connectivity index (χ2n) is 5.48. The van der Waals surface area contributed by atoms with Crippen LogP contribution in [0.2, 0.25) is 18.1 Å². The van der Waals surface area contributed by atoms with Crippen molar-refractivity contribution < 1.29 is 4.79 Å². The lowest BCUT2D eigenvalue weighted by Crippen LogP contribution is -2.67. The molecule has 3 heteroatoms. The lowest BCUT2D eigenvalue weighted by molar-refractivity contribution is -0.138. The Labute approximate surface area is 87.8 Å². The average molecular weight is 209 g/mol. The SMILES string of the molecule is C#CC1CN([Si](C)(C)C(C)(C)C)C1=O. The van der Waals surface area contributed by atoms with Gasteiger partial charge in [-0.05, 0) is 5.04 Å². The van der Waals surface area contributed by atoms with Gasteiger partial charge in [0.05, 0.1) is 0 Å². The van der Waals surface area contributed by atoms with Crippen LogP contribution in [0.3, 0.4) is 0 Å². The zero-order chi connectivity index (χ0) is 11.1. The molecule has 0 N–H and O–H groups in total. The predicted molar refractivity (Wildman–Crippen MR) is 61.2 cm³/mol. The van der Waals surface area contributed by atoms with Crippen LogP contribution in [-0.2, 0) is 4.79 Å². The first-order valence-electron chi connectivity index (χ1n) is 4.99. The highest BCUT2D eigenvalue weighted by molar-refractivity contribution is 6.79. The summed E-state index contributed by atoms with van der Waals surface area (Å²) in [5.41, 5.74) is 0. The Balaban J connectivity index is 2.80. The fraction of sp³-hybridized carbons (Fsp3) is 0.727. The normalized spacial score (nSPS) is 23.0. The van der Waals surface area contributed by atoms with Crippen LogP contribution in [0.5, 0.6) is 0 Å². The van der Waals surface area contributed by atoms with Gasteiger partial charge in [0.25, 0.3) is 0 Å². The van der Waals surface area contributed by atoms with Gasteiger partial charge in [-0.25, -0.2) is 0 Å². The molecule has 2 nitrogen and oxygen atoms in total. The molecule has 0 radical (unpaired) electrons. The standard InChI is InChI=1S/C11H19NOSi/c1-7-9-8-12(10(9)13)14(5,6)11(2,3)4/h1,9H,8H2,2-6H3. The van der Waals surface area contributed by atoms with Crippen LogP contribution < -0.4 is 0 Å². The summed E-state index contributed by atoms with van der Waals surface area (Å²) in [6, 6.07) is 0. The van der Waals surface area contributed by atoms with Crippen molar-refractivity contribution in [2.75, 3.05) is 6.54 Å². The maximum absolute atomic E-state index is 11.7. The lowest BCUT2D eigenvalue weighted by atomic mass is 10.0. The second kappa shape index (κ2) is 3.13. The molecular formula is C11H19NOSi. The van der Waals surface area contributed by atoms with E-state index in [0.717, 1.165) is 6.54 Å². The molecule has 1 unspecified atom stereocenters. The Morgan fingerprint density at radius 1 is 1.50 bits per heavy atom. The number of terminal acetylenes is 1. The van der Waals surface area contributed by atoms with Crippen LogP contribution in [0.25, 0.3) is 0 Å². The van der Waals surface area contributed by atoms with Crippen LogP contribution in [0.15, 0.2) is 0 Å². The van der Waals surface area contributed by atoms with Gasteiger partial charge in [0, 0.05) is 6.54 Å². The number of hydrogen-bond acceptors (Lipinski definition) is 1. The van der Waals surface area contributed by atoms with Gasteiger partial charge in [-0.3, -0.25) is 4.79 Å². The number of carbonyl (C=O) groups excluding carboxylic acids is 1. The Hall–Kier alpha value is -0.753. The van der Waals surface area contributed by atoms with Crippen LogP contribution >= 0.6 is 0 Å². The van der Waals surface area contributed by atoms with Crippen molar-refractivity contribution in [2.45, 2.75) is 38.9 Å². The van der Waals surface area contributed by atoms with Crippen LogP contribution in [-0.4, -0.2) is 25.3 Å². The van der Waals surface area contributed by atoms with Crippen molar-refractivity contribution in [3.63, 3.8) is 0 Å². The molecule has 1 aliphatic rings. The van der Waals surface area contributed by atoms with Crippen LogP contribution in [0, 0.1) is 18.3 Å². The molecule has 14 heavy (non-hydrogen) atoms. The lowest BCUT2D eigenvalue weighted by Gasteiger charge is -2.52. The number of hydrogen-bond donors (Lipinski definition) is 0. The molecule has 0 saturated carbocycles. The molecule has 0 spiro atoms. The van der Waals surface area contributed by atoms with Crippen molar-refractivity contribution in [1.29, 1.82) is 0 Å². The Morgan fingerprint density at radius 2 is 2.00 bits per heavy atom. The molecule has 1 rings (SSSR count). The maximum Gasteiger partial charge on any atom is 0.231 e. The first-order valence-corrected chi connectivity index (χ1v) is 7.94. The van der Waals surface area contributed by atoms with Gasteiger partial charge in [0.15, 0.2) is 8.24 Å². The highest BCUT2D eigenvalue weighted by Crippen LogP contribution is 2.41. The molecule has 1 saturated heterocycles. The summed E-state index contributed by atoms with van der Waals surface area (Å²) in [6.07, 6.45) is 5.26. The van der Waals surface area contributed by atoms with Gasteiger partial charge < -0.3 is 4.57 Å². The summed E-state index contributed by atoms with van der Waals surface area (Å²) >= 11 is 0. The van der Waals surface area contributed by atoms with E-state index in [1.54, 1.807) is 0 Å². The van der Waals surface area contributed by atoms with E-state index in [9.17, 15) is 4.79 Å². The van der Waals surface area contributed by atoms with E-state index in [-0.39, 0.29) is 16.9 Å². The zero-order valence-corrected chi connectivity index (χ0v) is 10.7. The van der Waals surface area contributed by atoms with E-state index in [2.05, 4.69) is 39.8 Å². The van der Waals surface area contributed by atoms with Crippen LogP contribution in [0.1, 0.15) is 20.8 Å². The van der Waals surface area contributed by atoms with Crippen molar-refractivity contribution in [1.82, 2.24) is 4.57 Å². The van der Waals surface area contributed by atoms with Crippen LogP contribution in [0.4, 0.5) is 0 Å². The third kappa shape index (κ3) is 1.48. The van der Waals surface area contributed by atoms with Gasteiger partial charge in [-0.2, -0.15) is 0 Å². The quantitative estimate of drug-likeness (QED) is 0.368. The van der Waals surface area contributed by atoms with Gasteiger partial charge in [0.1, 0.15) is 5.92 Å². The number of carbonyl (C=O) groups is 1. The molecule has 1 atom stereocenters. The first kappa shape index (κ1) is 11.3. The number of nitrogens with zero attached hydrogens (tertiary/aromatic N) is 1. The molecule has 1 heterocycles. The summed E-state index contributed by atoms with van der Waals surface area (Å²) in [7, 11) is -1.65. The molecule has 0 aromatic carbocycles. The minimum Gasteiger partial charge on any atom is -0.366 e. The smallest absolute Gasteiger partial charge is 0.231 e. The van der Waals surface area contributed by atoms with E-state index >= 15 is 0 Å². The number of rotatable bonds is 1. The largest absolute Gasteiger partial charge is 0.366 e. The van der Waals surface area contributed by atoms with E-state index in [4.69, 9.17) is 6.42 Å². The molecule has 0 aromatic rings. The highest BCUT2D eigenvalue weighted by atomic mass is 28.3. The summed E-state index contributed by atoms with van der Waals surface area (Å²) in [5.74, 6) is 2.55. The molecule has 1 amide bonds. The zero-order valence-electron chi connectivity index (χ0n) is 9.72. The fourth-order valence-corrected chi connectivity index (χ4v) is 3.61. The van der Waals surface area contributed by atoms with Crippen molar-refractivity contribution in [2.24, 2.45) is 5.92 Å². The Morgan fingerprint density at radius 3 is 2.29 bits per heavy atom. The number of amides is 1. The van der Waals surface area contributed by atoms with Crippen molar-refractivity contribution in [3.8, 4) is 12.3 Å². The average Bonchev–Trinajstić information content (AvgIpc) is 2.00. The molecular weight excluding hydrogens is 190 g/mol. The predicted octanol–water partition coefficient (Wildman–Crippen LogP) is 2.08. The maximum atomic E-state index is 11.7. The molecule has 78 valence electrons. The second-order valence-corrected chi connectivity index (χ2v) is 10.6. The molecule has 1 fully saturated rings. The minimum absolute atomic E-state index is 0.149. The topological polar surface area (TPSA) is 20.3 Å². The van der Waals surface area contributed by atoms with Gasteiger partial charge in [-0.15, -0.1) is 6.42 Å². The first-order chi connectivity index (χ1) is 6.21. The van der Waals surface area contributed by atoms with Crippen molar-refractivity contribution in [3.05, 3.63) is 0 Å². The minimum atomic E-state index is -1.65. The monoisotopic (exact) mass is 209 g/mol. The van der Waals surface area contributed by atoms with Gasteiger partial charge in [0.2, 0.25) is 5.91 Å². The summed E-state index contributed by atoms with van der Waals surface area (Å²) in [5, 5.41) is 0.211. The molecule has 0 aliphatic carbocycles. The third-order valence-electron chi connectivity index (χ3n) is 3.64. The highest BCUT2D eigenvalue weighted by Gasteiger charge is 2.50. The van der Waals surface area contributed by atoms with Gasteiger partial charge in [-0.1, -0.05) is 39.8 Å². The van der Waals surface area contributed by atoms with E-state index in [1.165, 1.54) is 0 Å². The number of β-lactam (4-membered cyclic amide) rings is 1. The van der Waals surface area contributed by atoms with E-state index < -0.39 is 8.24 Å². The van der Waals surface area contributed by atoms with E-state index in [1.807, 2.05) is 4.57 Å². The van der Waals surface area contributed by atoms with Gasteiger partial charge >= 0.3 is 0 Å². The molecule has 0 bridgehead atoms. The summed E-state index contributed by atoms with van der Waals surface area (Å²) in [6.45, 7) is 11.8. The summed E-state index contributed by atoms with van der Waals surface area (Å²) < 4.78 is 2.03. The molecule has 1 aliphatic heterocycles. The Kier molecular flexibility index (Phi) is 2.53. The Bertz CT molecular complexity index is 295. The fourth-order valence-electron chi connectivity index (χ4n) is 1.46. The third-order valence-corrected chi connectivity index (χ3v) is 9.06. The van der Waals surface area contributed by atoms with Crippen molar-refractivity contribution >= 4 is 14.1 Å².